The van der Waals surface area contributed by atoms with E-state index in [0.717, 1.165) is 16.7 Å². The van der Waals surface area contributed by atoms with Gasteiger partial charge in [-0.05, 0) is 23.6 Å². The Labute approximate surface area is 202 Å². The molecule has 0 saturated heterocycles. The molecular formula is C25H27FN6O3. The zero-order chi connectivity index (χ0) is 24.8. The predicted octanol–water partition coefficient (Wildman–Crippen LogP) is 3.10. The Morgan fingerprint density at radius 3 is 2.37 bits per heavy atom. The molecule has 3 heterocycles. The van der Waals surface area contributed by atoms with Gasteiger partial charge in [0.25, 0.3) is 5.91 Å². The van der Waals surface area contributed by atoms with Gasteiger partial charge in [-0.1, -0.05) is 24.3 Å². The van der Waals surface area contributed by atoms with Crippen LogP contribution < -0.4 is 10.1 Å². The maximum absolute atomic E-state index is 14.3. The van der Waals surface area contributed by atoms with Crippen molar-refractivity contribution in [2.45, 2.75) is 33.2 Å². The monoisotopic (exact) mass is 478 g/mol. The van der Waals surface area contributed by atoms with Crippen molar-refractivity contribution >= 4 is 5.91 Å². The lowest BCUT2D eigenvalue weighted by atomic mass is 10.1. The van der Waals surface area contributed by atoms with Crippen LogP contribution >= 0.6 is 0 Å². The normalized spacial score (nSPS) is 11.0. The largest absolute Gasteiger partial charge is 0.494 e. The fourth-order valence-electron chi connectivity index (χ4n) is 3.66. The highest BCUT2D eigenvalue weighted by Crippen LogP contribution is 2.18. The third-order valence-electron chi connectivity index (χ3n) is 5.40. The van der Waals surface area contributed by atoms with Crippen molar-refractivity contribution in [2.75, 3.05) is 14.2 Å². The first kappa shape index (κ1) is 24.1. The van der Waals surface area contributed by atoms with Crippen molar-refractivity contribution in [3.8, 4) is 5.75 Å². The molecule has 182 valence electrons. The molecule has 0 saturated carbocycles. The summed E-state index contributed by atoms with van der Waals surface area (Å²) in [5.41, 5.74) is 4.23. The summed E-state index contributed by atoms with van der Waals surface area (Å²) < 4.78 is 28.1. The first-order valence-electron chi connectivity index (χ1n) is 11.0. The molecule has 4 rings (SSSR count). The maximum atomic E-state index is 14.3. The van der Waals surface area contributed by atoms with Crippen molar-refractivity contribution in [3.63, 3.8) is 0 Å². The third kappa shape index (κ3) is 5.90. The van der Waals surface area contributed by atoms with Crippen LogP contribution in [0.3, 0.4) is 0 Å². The zero-order valence-electron chi connectivity index (χ0n) is 19.9. The summed E-state index contributed by atoms with van der Waals surface area (Å²) in [5.74, 6) is -0.922. The van der Waals surface area contributed by atoms with E-state index < -0.39 is 11.7 Å². The highest BCUT2D eigenvalue weighted by atomic mass is 19.1. The van der Waals surface area contributed by atoms with E-state index in [1.165, 1.54) is 26.5 Å². The highest BCUT2D eigenvalue weighted by molar-refractivity contribution is 5.95. The second-order valence-electron chi connectivity index (χ2n) is 8.11. The smallest absolute Gasteiger partial charge is 0.255 e. The molecule has 9 nitrogen and oxygen atoms in total. The Balaban J connectivity index is 1.43. The van der Waals surface area contributed by atoms with Gasteiger partial charge in [-0.25, -0.2) is 4.39 Å². The van der Waals surface area contributed by atoms with Crippen LogP contribution in [0, 0.1) is 12.7 Å². The first-order valence-corrected chi connectivity index (χ1v) is 11.0. The van der Waals surface area contributed by atoms with Crippen LogP contribution in [-0.4, -0.2) is 44.7 Å². The van der Waals surface area contributed by atoms with Crippen LogP contribution in [-0.2, 0) is 31.0 Å². The van der Waals surface area contributed by atoms with Gasteiger partial charge in [-0.15, -0.1) is 0 Å². The van der Waals surface area contributed by atoms with Gasteiger partial charge in [-0.3, -0.25) is 19.1 Å². The molecule has 0 atom stereocenters. The molecule has 4 aromatic rings. The number of ether oxygens (including phenoxy) is 2. The Kier molecular flexibility index (Phi) is 7.51. The molecule has 0 bridgehead atoms. The van der Waals surface area contributed by atoms with E-state index >= 15 is 0 Å². The number of rotatable bonds is 10. The van der Waals surface area contributed by atoms with E-state index in [-0.39, 0.29) is 24.6 Å². The van der Waals surface area contributed by atoms with E-state index in [2.05, 4.69) is 32.6 Å². The lowest BCUT2D eigenvalue weighted by Crippen LogP contribution is -2.24. The molecule has 0 spiro atoms. The van der Waals surface area contributed by atoms with Crippen LogP contribution in [0.1, 0.15) is 38.4 Å². The van der Waals surface area contributed by atoms with Crippen molar-refractivity contribution in [1.82, 2.24) is 29.9 Å². The van der Waals surface area contributed by atoms with E-state index in [4.69, 9.17) is 9.47 Å². The summed E-state index contributed by atoms with van der Waals surface area (Å²) in [6, 6.07) is 9.58. The molecule has 1 aromatic carbocycles. The molecule has 35 heavy (non-hydrogen) atoms. The van der Waals surface area contributed by atoms with Crippen LogP contribution in [0.4, 0.5) is 4.39 Å². The minimum atomic E-state index is -0.603. The summed E-state index contributed by atoms with van der Waals surface area (Å²) in [7, 11) is 2.91. The third-order valence-corrected chi connectivity index (χ3v) is 5.40. The quantitative estimate of drug-likeness (QED) is 0.376. The molecular weight excluding hydrogens is 451 g/mol. The van der Waals surface area contributed by atoms with Crippen LogP contribution in [0.2, 0.25) is 0 Å². The van der Waals surface area contributed by atoms with E-state index in [1.807, 2.05) is 36.1 Å². The summed E-state index contributed by atoms with van der Waals surface area (Å²) in [5, 5.41) is 11.5. The molecule has 0 aliphatic carbocycles. The predicted molar refractivity (Wildman–Crippen MR) is 126 cm³/mol. The number of halogens is 1. The zero-order valence-corrected chi connectivity index (χ0v) is 19.9. The molecule has 3 aromatic heterocycles. The Hall–Kier alpha value is -4.05. The number of nitrogens with one attached hydrogen (secondary N) is 1. The van der Waals surface area contributed by atoms with Crippen LogP contribution in [0.25, 0.3) is 0 Å². The number of carbonyl (C=O) groups excluding carboxylic acids is 1. The number of aromatic nitrogens is 5. The highest BCUT2D eigenvalue weighted by Gasteiger charge is 2.18. The molecule has 0 aliphatic rings. The average molecular weight is 479 g/mol. The van der Waals surface area contributed by atoms with Gasteiger partial charge in [0.2, 0.25) is 0 Å². The lowest BCUT2D eigenvalue weighted by Gasteiger charge is -2.08. The number of amides is 1. The van der Waals surface area contributed by atoms with Crippen molar-refractivity contribution in [1.29, 1.82) is 0 Å². The van der Waals surface area contributed by atoms with Crippen LogP contribution in [0.15, 0.2) is 55.1 Å². The van der Waals surface area contributed by atoms with Crippen LogP contribution in [0.5, 0.6) is 5.75 Å². The molecule has 10 heteroatoms. The Morgan fingerprint density at radius 1 is 1.03 bits per heavy atom. The van der Waals surface area contributed by atoms with Gasteiger partial charge in [-0.2, -0.15) is 10.2 Å². The number of carbonyl (C=O) groups is 1. The molecule has 0 aliphatic heterocycles. The number of hydrogen-bond acceptors (Lipinski definition) is 6. The summed E-state index contributed by atoms with van der Waals surface area (Å²) in [6.45, 7) is 3.27. The van der Waals surface area contributed by atoms with Gasteiger partial charge in [0.15, 0.2) is 11.6 Å². The standard InChI is InChI=1S/C25H27FN6O3/c1-17-10-29-31(12-17)13-18-4-6-19(7-5-18)14-32-15-20(22(30-32)16-34-2)25(33)28-11-21-24(26)23(35-3)8-9-27-21/h4-10,12,15H,11,13-14,16H2,1-3H3,(H,28,33). The fraction of sp³-hybridized carbons (Fsp3) is 0.280. The van der Waals surface area contributed by atoms with E-state index in [1.54, 1.807) is 10.9 Å². The van der Waals surface area contributed by atoms with E-state index in [9.17, 15) is 9.18 Å². The number of hydrogen-bond donors (Lipinski definition) is 1. The molecule has 0 radical (unpaired) electrons. The van der Waals surface area contributed by atoms with Crippen molar-refractivity contribution in [2.24, 2.45) is 0 Å². The number of benzene rings is 1. The van der Waals surface area contributed by atoms with Crippen molar-refractivity contribution < 1.29 is 18.7 Å². The molecule has 0 unspecified atom stereocenters. The summed E-state index contributed by atoms with van der Waals surface area (Å²) in [6.07, 6.45) is 6.93. The lowest BCUT2D eigenvalue weighted by molar-refractivity contribution is 0.0945. The number of methoxy groups -OCH3 is 2. The number of pyridine rings is 1. The number of nitrogens with zero attached hydrogens (tertiary/aromatic N) is 5. The Morgan fingerprint density at radius 2 is 1.74 bits per heavy atom. The SMILES string of the molecule is COCc1nn(Cc2ccc(Cn3cc(C)cn3)cc2)cc1C(=O)NCc1nccc(OC)c1F. The summed E-state index contributed by atoms with van der Waals surface area (Å²) >= 11 is 0. The summed E-state index contributed by atoms with van der Waals surface area (Å²) in [4.78, 5) is 16.8. The molecule has 1 N–H and O–H groups in total. The number of aryl methyl sites for hydroxylation is 1. The topological polar surface area (TPSA) is 96.1 Å². The van der Waals surface area contributed by atoms with Gasteiger partial charge >= 0.3 is 0 Å². The van der Waals surface area contributed by atoms with Crippen molar-refractivity contribution in [3.05, 3.63) is 94.6 Å². The maximum Gasteiger partial charge on any atom is 0.255 e. The second-order valence-corrected chi connectivity index (χ2v) is 8.11. The first-order chi connectivity index (χ1) is 17.0. The van der Waals surface area contributed by atoms with Gasteiger partial charge in [0.05, 0.1) is 50.8 Å². The average Bonchev–Trinajstić information content (AvgIpc) is 3.45. The fourth-order valence-corrected chi connectivity index (χ4v) is 3.66. The van der Waals surface area contributed by atoms with Gasteiger partial charge in [0.1, 0.15) is 5.69 Å². The second kappa shape index (κ2) is 10.9. The van der Waals surface area contributed by atoms with Gasteiger partial charge < -0.3 is 14.8 Å². The minimum Gasteiger partial charge on any atom is -0.494 e. The van der Waals surface area contributed by atoms with E-state index in [0.29, 0.717) is 24.3 Å². The molecule has 1 amide bonds. The minimum absolute atomic E-state index is 0.0721. The molecule has 0 fully saturated rings. The van der Waals surface area contributed by atoms with Gasteiger partial charge in [0, 0.05) is 31.8 Å². The Bertz CT molecular complexity index is 1300.